The smallest absolute Gasteiger partial charge is 0.407 e. The summed E-state index contributed by atoms with van der Waals surface area (Å²) in [6.45, 7) is 6.30. The number of rotatable bonds is 4. The van der Waals surface area contributed by atoms with Crippen molar-refractivity contribution < 1.29 is 17.2 Å². The number of alkyl carbamates (subject to hydrolysis) is 1. The zero-order valence-corrected chi connectivity index (χ0v) is 12.9. The molecule has 21 heavy (non-hydrogen) atoms. The highest BCUT2D eigenvalue weighted by Crippen LogP contribution is 2.25. The van der Waals surface area contributed by atoms with Gasteiger partial charge in [-0.3, -0.25) is 9.79 Å². The van der Waals surface area contributed by atoms with Gasteiger partial charge >= 0.3 is 6.09 Å². The predicted octanol–water partition coefficient (Wildman–Crippen LogP) is 0.852. The number of methoxy groups -OCH3 is 1. The normalized spacial score (nSPS) is 26.0. The molecule has 2 rings (SSSR count). The Morgan fingerprint density at radius 2 is 2.38 bits per heavy atom. The average molecular weight is 300 g/mol. The Hall–Kier alpha value is -1.79. The van der Waals surface area contributed by atoms with E-state index in [1.54, 1.807) is 0 Å². The van der Waals surface area contributed by atoms with E-state index in [1.807, 2.05) is 11.8 Å². The second-order valence-corrected chi connectivity index (χ2v) is 5.64. The predicted molar refractivity (Wildman–Crippen MR) is 83.4 cm³/mol. The van der Waals surface area contributed by atoms with E-state index in [9.17, 15) is 9.59 Å². The van der Waals surface area contributed by atoms with Crippen LogP contribution in [0.2, 0.25) is 0 Å². The minimum atomic E-state index is -0.574. The van der Waals surface area contributed by atoms with Gasteiger partial charge in [0.05, 0.1) is 19.7 Å². The Bertz CT molecular complexity index is 448. The summed E-state index contributed by atoms with van der Waals surface area (Å²) >= 11 is 0. The number of nitrogens with zero attached hydrogens (tertiary/aromatic N) is 2. The Morgan fingerprint density at radius 1 is 1.62 bits per heavy atom. The first-order chi connectivity index (χ1) is 10.1. The van der Waals surface area contributed by atoms with Crippen LogP contribution in [-0.4, -0.2) is 61.6 Å². The van der Waals surface area contributed by atoms with Crippen LogP contribution in [-0.2, 0) is 9.53 Å². The summed E-state index contributed by atoms with van der Waals surface area (Å²) in [4.78, 5) is 30.4. The molecule has 7 nitrogen and oxygen atoms in total. The van der Waals surface area contributed by atoms with Gasteiger partial charge in [0.15, 0.2) is 0 Å². The minimum Gasteiger partial charge on any atom is -0.453 e. The lowest BCUT2D eigenvalue weighted by atomic mass is 10.1. The number of hydrogen-bond donors (Lipinski definition) is 2. The molecular weight excluding hydrogens is 272 g/mol. The maximum atomic E-state index is 12.7. The van der Waals surface area contributed by atoms with Crippen molar-refractivity contribution in [3.63, 3.8) is 0 Å². The third kappa shape index (κ3) is 3.46. The van der Waals surface area contributed by atoms with Crippen molar-refractivity contribution >= 4 is 17.8 Å². The van der Waals surface area contributed by atoms with Gasteiger partial charge in [-0.2, -0.15) is 0 Å². The molecular formula is C14H28N4O3. The largest absolute Gasteiger partial charge is 0.453 e. The Balaban J connectivity index is 0.00000242. The summed E-state index contributed by atoms with van der Waals surface area (Å²) in [6, 6.07) is -0.546. The van der Waals surface area contributed by atoms with Crippen molar-refractivity contribution in [1.82, 2.24) is 15.5 Å². The molecule has 0 radical (unpaired) electrons. The highest BCUT2D eigenvalue weighted by molar-refractivity contribution is 5.95. The molecule has 2 aliphatic heterocycles. The third-order valence-electron chi connectivity index (χ3n) is 3.99. The summed E-state index contributed by atoms with van der Waals surface area (Å²) < 4.78 is 4.59. The molecule has 2 aliphatic rings. The quantitative estimate of drug-likeness (QED) is 0.806. The first-order valence-electron chi connectivity index (χ1n) is 7.50. The van der Waals surface area contributed by atoms with Crippen LogP contribution in [0.15, 0.2) is 4.99 Å². The van der Waals surface area contributed by atoms with Crippen LogP contribution in [0.5, 0.6) is 0 Å². The van der Waals surface area contributed by atoms with Crippen molar-refractivity contribution in [2.75, 3.05) is 26.7 Å². The SMILES string of the molecule is CC[C@H](NC(=O)OC)C(=O)N1C[C@H](C)C[C@H]1C1=NCCN1.[HH].[HH]. The van der Waals surface area contributed by atoms with Crippen LogP contribution in [0.25, 0.3) is 0 Å². The van der Waals surface area contributed by atoms with Gasteiger partial charge < -0.3 is 20.3 Å². The van der Waals surface area contributed by atoms with Gasteiger partial charge in [0.2, 0.25) is 5.91 Å². The van der Waals surface area contributed by atoms with Gasteiger partial charge in [-0.05, 0) is 18.8 Å². The lowest BCUT2D eigenvalue weighted by Gasteiger charge is -2.28. The number of amides is 2. The van der Waals surface area contributed by atoms with Crippen LogP contribution in [0.4, 0.5) is 4.79 Å². The van der Waals surface area contributed by atoms with Crippen LogP contribution in [0, 0.1) is 5.92 Å². The molecule has 0 aromatic heterocycles. The summed E-state index contributed by atoms with van der Waals surface area (Å²) in [5.41, 5.74) is 0. The standard InChI is InChI=1S/C14H24N4O3.2H2/c1-4-10(17-14(20)21-3)13(19)18-8-9(2)7-11(18)12-15-5-6-16-12;;/h9-11H,4-8H2,1-3H3,(H,15,16)(H,17,20);2*1H/t9-,10+,11+;;/m1../s1. The second kappa shape index (κ2) is 6.78. The van der Waals surface area contributed by atoms with Crippen molar-refractivity contribution in [3.05, 3.63) is 0 Å². The number of hydrogen-bond acceptors (Lipinski definition) is 5. The molecule has 1 saturated heterocycles. The average Bonchev–Trinajstić information content (AvgIpc) is 3.12. The molecule has 0 aromatic rings. The van der Waals surface area contributed by atoms with E-state index in [2.05, 4.69) is 27.3 Å². The van der Waals surface area contributed by atoms with E-state index < -0.39 is 12.1 Å². The van der Waals surface area contributed by atoms with Crippen molar-refractivity contribution in [1.29, 1.82) is 0 Å². The summed E-state index contributed by atoms with van der Waals surface area (Å²) in [5, 5.41) is 5.86. The van der Waals surface area contributed by atoms with Gasteiger partial charge in [-0.1, -0.05) is 13.8 Å². The van der Waals surface area contributed by atoms with Crippen LogP contribution < -0.4 is 10.6 Å². The number of amidine groups is 1. The van der Waals surface area contributed by atoms with E-state index in [1.165, 1.54) is 7.11 Å². The Labute approximate surface area is 128 Å². The molecule has 2 heterocycles. The number of likely N-dealkylation sites (tertiary alicyclic amines) is 1. The molecule has 0 aliphatic carbocycles. The molecule has 0 bridgehead atoms. The molecule has 7 heteroatoms. The summed E-state index contributed by atoms with van der Waals surface area (Å²) in [5.74, 6) is 1.27. The first kappa shape index (κ1) is 15.6. The highest BCUT2D eigenvalue weighted by Gasteiger charge is 2.39. The van der Waals surface area contributed by atoms with Crippen molar-refractivity contribution in [2.24, 2.45) is 10.9 Å². The van der Waals surface area contributed by atoms with Crippen molar-refractivity contribution in [2.45, 2.75) is 38.8 Å². The number of aliphatic imine (C=N–C) groups is 1. The van der Waals surface area contributed by atoms with E-state index >= 15 is 0 Å². The molecule has 2 amide bonds. The topological polar surface area (TPSA) is 83.0 Å². The maximum absolute atomic E-state index is 12.7. The lowest BCUT2D eigenvalue weighted by Crippen LogP contribution is -2.52. The van der Waals surface area contributed by atoms with Crippen LogP contribution in [0.1, 0.15) is 29.5 Å². The zero-order chi connectivity index (χ0) is 15.4. The molecule has 0 spiro atoms. The van der Waals surface area contributed by atoms with Gasteiger partial charge in [0.25, 0.3) is 0 Å². The molecule has 3 atom stereocenters. The van der Waals surface area contributed by atoms with Crippen LogP contribution in [0.3, 0.4) is 0 Å². The molecule has 0 unspecified atom stereocenters. The number of carbonyl (C=O) groups excluding carboxylic acids is 2. The second-order valence-electron chi connectivity index (χ2n) is 5.64. The van der Waals surface area contributed by atoms with Crippen LogP contribution >= 0.6 is 0 Å². The Morgan fingerprint density at radius 3 is 2.95 bits per heavy atom. The maximum Gasteiger partial charge on any atom is 0.407 e. The fourth-order valence-corrected chi connectivity index (χ4v) is 2.93. The minimum absolute atomic E-state index is 0. The highest BCUT2D eigenvalue weighted by atomic mass is 16.5. The van der Waals surface area contributed by atoms with Crippen molar-refractivity contribution in [3.8, 4) is 0 Å². The summed E-state index contributed by atoms with van der Waals surface area (Å²) in [7, 11) is 1.30. The van der Waals surface area contributed by atoms with Gasteiger partial charge in [-0.25, -0.2) is 4.79 Å². The van der Waals surface area contributed by atoms with E-state index in [0.29, 0.717) is 18.9 Å². The molecule has 122 valence electrons. The fraction of sp³-hybridized carbons (Fsp3) is 0.786. The number of nitrogens with one attached hydrogen (secondary N) is 2. The van der Waals surface area contributed by atoms with E-state index in [4.69, 9.17) is 0 Å². The molecule has 0 saturated carbocycles. The van der Waals surface area contributed by atoms with Gasteiger partial charge in [0.1, 0.15) is 11.9 Å². The molecule has 0 aromatic carbocycles. The number of carbonyl (C=O) groups is 2. The summed E-state index contributed by atoms with van der Waals surface area (Å²) in [6.07, 6.45) is 0.868. The van der Waals surface area contributed by atoms with E-state index in [0.717, 1.165) is 25.3 Å². The van der Waals surface area contributed by atoms with Gasteiger partial charge in [-0.15, -0.1) is 0 Å². The molecule has 1 fully saturated rings. The molecule has 2 N–H and O–H groups in total. The first-order valence-corrected chi connectivity index (χ1v) is 7.50. The lowest BCUT2D eigenvalue weighted by molar-refractivity contribution is -0.133. The number of ether oxygens (including phenoxy) is 1. The van der Waals surface area contributed by atoms with Gasteiger partial charge in [0, 0.05) is 15.9 Å². The third-order valence-corrected chi connectivity index (χ3v) is 3.99. The van der Waals surface area contributed by atoms with E-state index in [-0.39, 0.29) is 14.8 Å². The zero-order valence-electron chi connectivity index (χ0n) is 12.9. The fourth-order valence-electron chi connectivity index (χ4n) is 2.93. The Kier molecular flexibility index (Phi) is 5.03. The monoisotopic (exact) mass is 300 g/mol.